The second-order valence-corrected chi connectivity index (χ2v) is 43.9. The van der Waals surface area contributed by atoms with Crippen molar-refractivity contribution in [2.45, 2.75) is 442 Å². The van der Waals surface area contributed by atoms with Crippen LogP contribution in [-0.4, -0.2) is 182 Å². The lowest BCUT2D eigenvalue weighted by Crippen LogP contribution is -2.49. The van der Waals surface area contributed by atoms with Gasteiger partial charge in [-0.05, 0) is 242 Å². The molecule has 5 aliphatic carbocycles. The summed E-state index contributed by atoms with van der Waals surface area (Å²) in [6.07, 6.45) is 13.2. The molecule has 19 atom stereocenters. The van der Waals surface area contributed by atoms with Gasteiger partial charge in [-0.25, -0.2) is 9.59 Å². The Labute approximate surface area is 804 Å². The van der Waals surface area contributed by atoms with Crippen molar-refractivity contribution in [2.75, 3.05) is 19.8 Å². The third-order valence-corrected chi connectivity index (χ3v) is 29.7. The quantitative estimate of drug-likeness (QED) is 0.0211. The summed E-state index contributed by atoms with van der Waals surface area (Å²) in [6, 6.07) is 7.69. The van der Waals surface area contributed by atoms with Crippen LogP contribution in [0.5, 0.6) is 5.75 Å². The second-order valence-electron chi connectivity index (χ2n) is 43.9. The van der Waals surface area contributed by atoms with Crippen LogP contribution in [0.15, 0.2) is 24.3 Å². The molecule has 1 aromatic carbocycles. The Bertz CT molecular complexity index is 3990. The van der Waals surface area contributed by atoms with Crippen LogP contribution in [0.2, 0.25) is 0 Å². The second kappa shape index (κ2) is 50.3. The van der Waals surface area contributed by atoms with Gasteiger partial charge in [0, 0.05) is 55.0 Å². The molecule has 19 unspecified atom stereocenters. The monoisotopic (exact) mass is 1910 g/mol. The van der Waals surface area contributed by atoms with E-state index in [-0.39, 0.29) is 119 Å². The van der Waals surface area contributed by atoms with Crippen molar-refractivity contribution >= 4 is 77.6 Å². The number of carbonyl (C=O) groups excluding carboxylic acids is 12. The Hall–Kier alpha value is -7.83. The van der Waals surface area contributed by atoms with E-state index in [4.69, 9.17) is 76.2 Å². The number of benzene rings is 1. The average Bonchev–Trinajstić information content (AvgIpc) is 1.52. The van der Waals surface area contributed by atoms with E-state index in [0.29, 0.717) is 62.2 Å². The fourth-order valence-corrected chi connectivity index (χ4v) is 17.5. The number of carboxylic acid groups (broad SMARTS) is 1. The van der Waals surface area contributed by atoms with Crippen molar-refractivity contribution in [3.05, 3.63) is 29.8 Å². The van der Waals surface area contributed by atoms with Crippen LogP contribution in [0.3, 0.4) is 0 Å². The molecule has 10 aliphatic rings. The van der Waals surface area contributed by atoms with Gasteiger partial charge in [0.2, 0.25) is 18.9 Å². The maximum absolute atomic E-state index is 13.6. The summed E-state index contributed by atoms with van der Waals surface area (Å²) in [7, 11) is 0. The maximum Gasteiger partial charge on any atom is 0.344 e. The van der Waals surface area contributed by atoms with E-state index in [1.807, 2.05) is 177 Å². The summed E-state index contributed by atoms with van der Waals surface area (Å²) in [5, 5.41) is 8.22. The van der Waals surface area contributed by atoms with Crippen LogP contribution < -0.4 is 4.74 Å². The molecule has 5 saturated carbocycles. The molecule has 11 rings (SSSR count). The molecule has 30 heteroatoms. The van der Waals surface area contributed by atoms with E-state index in [1.165, 1.54) is 31.7 Å². The summed E-state index contributed by atoms with van der Waals surface area (Å²) < 4.78 is 88.0. The van der Waals surface area contributed by atoms with Gasteiger partial charge < -0.3 is 80.9 Å². The Morgan fingerprint density at radius 1 is 0.496 bits per heavy atom. The van der Waals surface area contributed by atoms with Crippen LogP contribution in [0.25, 0.3) is 0 Å². The molecule has 1 aromatic rings. The van der Waals surface area contributed by atoms with Crippen LogP contribution in [0.1, 0.15) is 368 Å². The first kappa shape index (κ1) is 118. The summed E-state index contributed by atoms with van der Waals surface area (Å²) in [5.41, 5.74) is -3.50. The number of carboxylic acids is 1. The van der Waals surface area contributed by atoms with E-state index >= 15 is 0 Å². The zero-order valence-corrected chi connectivity index (χ0v) is 87.7. The predicted molar refractivity (Wildman–Crippen MR) is 503 cm³/mol. The Morgan fingerprint density at radius 3 is 1.45 bits per heavy atom. The van der Waals surface area contributed by atoms with Gasteiger partial charge >= 0.3 is 77.6 Å². The smallest absolute Gasteiger partial charge is 0.344 e. The first-order valence-corrected chi connectivity index (χ1v) is 50.0. The molecule has 5 aliphatic heterocycles. The molecular formula is C105H170O30. The van der Waals surface area contributed by atoms with Crippen LogP contribution in [0.4, 0.5) is 0 Å². The molecule has 0 spiro atoms. The third-order valence-electron chi connectivity index (χ3n) is 29.7. The number of hydrogen-bond donors (Lipinski definition) is 1. The molecule has 0 radical (unpaired) electrons. The SMILES string of the molecule is CCC(C)(C)C(=O)OC(CC(C)(C)C)OC1CCCCC1.CCC(C)(C)C(=O)OC(OC(C)C)C(C)C.CCC(C)(C)C(=O)OC1C2CC3C(=O)OC1C3C2.CCC(C)(C)C(=O)OC1C2CC3C(=O)OC1C3O2.CCC(C)(C)C(=O)OCC(=O)O.CCC(C)c1ccc(OC(C)=O)cc1.CCOC(OC(=O)C12CC3CC1C(OC2=O)C3OC(=O)COC(=O)C(C)(C)CC)C(CC)(CC)CC. The largest absolute Gasteiger partial charge is 0.479 e. The third kappa shape index (κ3) is 31.1. The van der Waals surface area contributed by atoms with Gasteiger partial charge in [-0.2, -0.15) is 0 Å². The minimum atomic E-state index is -1.40. The summed E-state index contributed by atoms with van der Waals surface area (Å²) in [5.74, 6) is -4.05. The van der Waals surface area contributed by atoms with E-state index in [0.717, 1.165) is 77.0 Å². The van der Waals surface area contributed by atoms with Gasteiger partial charge in [-0.1, -0.05) is 142 Å². The number of ether oxygens (including phenoxy) is 16. The number of esters is 12. The molecule has 6 bridgehead atoms. The van der Waals surface area contributed by atoms with E-state index in [1.54, 1.807) is 27.7 Å². The van der Waals surface area contributed by atoms with Gasteiger partial charge in [0.1, 0.15) is 36.3 Å². The van der Waals surface area contributed by atoms with Crippen molar-refractivity contribution in [1.29, 1.82) is 0 Å². The normalized spacial score (nSPS) is 25.8. The number of rotatable bonds is 38. The Kier molecular flexibility index (Phi) is 43.9. The van der Waals surface area contributed by atoms with Crippen LogP contribution in [-0.2, 0) is 133 Å². The summed E-state index contributed by atoms with van der Waals surface area (Å²) in [6.45, 7) is 61.1. The number of hydrogen-bond acceptors (Lipinski definition) is 29. The van der Waals surface area contributed by atoms with Gasteiger partial charge in [-0.3, -0.25) is 52.7 Å². The predicted octanol–water partition coefficient (Wildman–Crippen LogP) is 19.5. The molecule has 10 fully saturated rings. The van der Waals surface area contributed by atoms with E-state index in [9.17, 15) is 62.3 Å². The lowest BCUT2D eigenvalue weighted by molar-refractivity contribution is -0.223. The molecule has 135 heavy (non-hydrogen) atoms. The fraction of sp³-hybridized carbons (Fsp3) is 0.819. The highest BCUT2D eigenvalue weighted by Gasteiger charge is 2.76. The number of carbonyl (C=O) groups is 13. The Balaban J connectivity index is 0.000000288. The number of aliphatic carboxylic acids is 1. The van der Waals surface area contributed by atoms with Crippen LogP contribution in [0, 0.1) is 90.2 Å². The molecule has 0 aromatic heterocycles. The van der Waals surface area contributed by atoms with Crippen molar-refractivity contribution in [3.63, 3.8) is 0 Å². The van der Waals surface area contributed by atoms with Gasteiger partial charge in [-0.15, -0.1) is 0 Å². The first-order chi connectivity index (χ1) is 62.7. The van der Waals surface area contributed by atoms with Crippen molar-refractivity contribution in [1.82, 2.24) is 0 Å². The Morgan fingerprint density at radius 2 is 0.978 bits per heavy atom. The zero-order valence-electron chi connectivity index (χ0n) is 87.7. The van der Waals surface area contributed by atoms with Crippen molar-refractivity contribution in [3.8, 4) is 5.75 Å². The molecule has 5 heterocycles. The molecular weight excluding hydrogens is 1740 g/mol. The van der Waals surface area contributed by atoms with Crippen molar-refractivity contribution in [2.24, 2.45) is 90.2 Å². The average molecular weight is 1910 g/mol. The standard InChI is InChI=1S/C27H42O9.C18H34O3.C14H20O4.C13H18O5.C13H26O3.C12H16O2.C8H14O4/c1-8-25(6,7)21(29)33-15-18(28)34-19-16-13-17-20(19)35-22(30)27(17,14-16)23(31)36-24(32-12-5)26(9-2,10-3)11-4;1-7-18(5,6)16(19)21-15(13-17(2,3)4)20-14-11-9-8-10-12-14;1-4-14(2,3)13(16)18-10-7-5-8-9(6-7)12(15)17-11(8)10;1-4-13(2,3)12(15)18-9-7-5-6-8(16-7)10(9)17-11(6)14;1-8-13(6,7)12(14)16-11(9(2)3)15-10(4)5;1-4-9(2)11-5-7-12(8-6-11)14-10(3)13;1-4-8(2,3)7(11)12-5-6(9)10/h16-17,19-20,24H,8-15H2,1-7H3;14-15H,7-13H2,1-6H3;7-11H,4-6H2,1-3H3;6-10H,4-5H2,1-3H3;9-11H,8H2,1-7H3;5-9H,4H2,1-3H3;4-5H2,1-3H3,(H,9,10). The first-order valence-electron chi connectivity index (χ1n) is 50.0. The lowest BCUT2D eigenvalue weighted by atomic mass is 9.73. The fourth-order valence-electron chi connectivity index (χ4n) is 17.5. The minimum Gasteiger partial charge on any atom is -0.479 e. The lowest BCUT2D eigenvalue weighted by Gasteiger charge is -2.39. The van der Waals surface area contributed by atoms with E-state index in [2.05, 4.69) is 39.4 Å². The van der Waals surface area contributed by atoms with Gasteiger partial charge in [0.25, 0.3) is 0 Å². The van der Waals surface area contributed by atoms with E-state index < -0.39 is 136 Å². The number of fused-ring (bicyclic) bond motifs is 3. The zero-order chi connectivity index (χ0) is 102. The molecule has 30 nitrogen and oxygen atoms in total. The molecule has 1 N–H and O–H groups in total. The highest BCUT2D eigenvalue weighted by atomic mass is 16.7. The summed E-state index contributed by atoms with van der Waals surface area (Å²) in [4.78, 5) is 155. The summed E-state index contributed by atoms with van der Waals surface area (Å²) >= 11 is 0. The molecule has 0 amide bonds. The topological polar surface area (TPSA) is 390 Å². The maximum atomic E-state index is 13.6. The molecule has 770 valence electrons. The van der Waals surface area contributed by atoms with Crippen LogP contribution >= 0.6 is 0 Å². The highest BCUT2D eigenvalue weighted by Crippen LogP contribution is 2.64. The highest BCUT2D eigenvalue weighted by molar-refractivity contribution is 6.03. The minimum absolute atomic E-state index is 0.0601. The molecule has 5 saturated heterocycles. The van der Waals surface area contributed by atoms with Gasteiger partial charge in [0.15, 0.2) is 30.8 Å². The van der Waals surface area contributed by atoms with Gasteiger partial charge in [0.05, 0.1) is 62.6 Å². The van der Waals surface area contributed by atoms with Crippen molar-refractivity contribution < 1.29 is 143 Å².